The van der Waals surface area contributed by atoms with E-state index in [9.17, 15) is 4.79 Å². The average Bonchev–Trinajstić information content (AvgIpc) is 2.74. The molecule has 0 amide bonds. The van der Waals surface area contributed by atoms with Gasteiger partial charge in [0.25, 0.3) is 0 Å². The molecular weight excluding hydrogens is 352 g/mol. The molecule has 0 bridgehead atoms. The lowest BCUT2D eigenvalue weighted by molar-refractivity contribution is 0.0812. The number of rotatable bonds is 5. The molecule has 138 valence electrons. The lowest BCUT2D eigenvalue weighted by atomic mass is 9.89. The molecule has 1 atom stereocenters. The Balaban J connectivity index is 1.48. The summed E-state index contributed by atoms with van der Waals surface area (Å²) in [5.74, 6) is 0.374. The highest BCUT2D eigenvalue weighted by Crippen LogP contribution is 2.25. The van der Waals surface area contributed by atoms with E-state index in [0.29, 0.717) is 0 Å². The number of benzene rings is 2. The van der Waals surface area contributed by atoms with Gasteiger partial charge in [0, 0.05) is 41.0 Å². The first-order valence-electron chi connectivity index (χ1n) is 9.48. The fourth-order valence-corrected chi connectivity index (χ4v) is 4.35. The van der Waals surface area contributed by atoms with Crippen LogP contribution in [0.4, 0.5) is 0 Å². The average molecular weight is 377 g/mol. The number of carbonyl (C=O) groups excluding carboxylic acids is 1. The number of pyridine rings is 1. The van der Waals surface area contributed by atoms with Gasteiger partial charge in [-0.25, -0.2) is 0 Å². The van der Waals surface area contributed by atoms with Crippen molar-refractivity contribution < 1.29 is 4.79 Å². The number of hydrogen-bond donors (Lipinski definition) is 0. The normalized spacial score (nSPS) is 17.9. The maximum absolute atomic E-state index is 13.0. The Morgan fingerprint density at radius 3 is 2.78 bits per heavy atom. The summed E-state index contributed by atoms with van der Waals surface area (Å²) >= 11 is 1.70. The first kappa shape index (κ1) is 18.2. The number of ketones is 1. The van der Waals surface area contributed by atoms with E-state index in [4.69, 9.17) is 0 Å². The monoisotopic (exact) mass is 376 g/mol. The van der Waals surface area contributed by atoms with Crippen molar-refractivity contribution in [3.8, 4) is 0 Å². The van der Waals surface area contributed by atoms with Crippen molar-refractivity contribution in [3.05, 3.63) is 71.9 Å². The first-order chi connectivity index (χ1) is 13.2. The third kappa shape index (κ3) is 4.07. The lowest BCUT2D eigenvalue weighted by Gasteiger charge is -2.32. The summed E-state index contributed by atoms with van der Waals surface area (Å²) in [5.41, 5.74) is 3.17. The van der Waals surface area contributed by atoms with Crippen LogP contribution in [0.5, 0.6) is 0 Å². The van der Waals surface area contributed by atoms with Crippen molar-refractivity contribution in [1.82, 2.24) is 9.88 Å². The number of hydrogen-bond acceptors (Lipinski definition) is 4. The standard InChI is InChI=1S/C23H24N2OS/c1-27-20-10-8-17(9-11-20)23(26)19-5-4-14-25(16-19)15-18-12-13-24-22-7-3-2-6-21(18)22/h2-3,6-13,19H,4-5,14-16H2,1H3. The lowest BCUT2D eigenvalue weighted by Crippen LogP contribution is -2.38. The third-order valence-corrected chi connectivity index (χ3v) is 6.13. The minimum absolute atomic E-state index is 0.0898. The van der Waals surface area contributed by atoms with Crippen molar-refractivity contribution in [2.45, 2.75) is 24.3 Å². The highest BCUT2D eigenvalue weighted by molar-refractivity contribution is 7.98. The fraction of sp³-hybridized carbons (Fsp3) is 0.304. The molecule has 1 fully saturated rings. The molecule has 1 saturated heterocycles. The largest absolute Gasteiger partial charge is 0.298 e. The second-order valence-corrected chi connectivity index (χ2v) is 8.03. The summed E-state index contributed by atoms with van der Waals surface area (Å²) in [5, 5.41) is 1.21. The van der Waals surface area contributed by atoms with Crippen molar-refractivity contribution in [3.63, 3.8) is 0 Å². The van der Waals surface area contributed by atoms with Gasteiger partial charge in [0.15, 0.2) is 5.78 Å². The Kier molecular flexibility index (Phi) is 5.55. The molecule has 4 heteroatoms. The molecule has 3 nitrogen and oxygen atoms in total. The summed E-state index contributed by atoms with van der Waals surface area (Å²) < 4.78 is 0. The van der Waals surface area contributed by atoms with E-state index in [1.54, 1.807) is 11.8 Å². The highest BCUT2D eigenvalue weighted by Gasteiger charge is 2.26. The van der Waals surface area contributed by atoms with Crippen LogP contribution in [0, 0.1) is 5.92 Å². The number of fused-ring (bicyclic) bond motifs is 1. The van der Waals surface area contributed by atoms with Crippen LogP contribution in [0.2, 0.25) is 0 Å². The van der Waals surface area contributed by atoms with Crippen LogP contribution in [0.25, 0.3) is 10.9 Å². The number of piperidine rings is 1. The zero-order valence-electron chi connectivity index (χ0n) is 15.6. The Morgan fingerprint density at radius 1 is 1.15 bits per heavy atom. The minimum Gasteiger partial charge on any atom is -0.298 e. The predicted molar refractivity (Wildman–Crippen MR) is 112 cm³/mol. The van der Waals surface area contributed by atoms with Crippen LogP contribution in [0.1, 0.15) is 28.8 Å². The number of aromatic nitrogens is 1. The van der Waals surface area contributed by atoms with Gasteiger partial charge in [-0.2, -0.15) is 0 Å². The molecule has 3 aromatic rings. The van der Waals surface area contributed by atoms with E-state index in [1.165, 1.54) is 15.8 Å². The number of Topliss-reactive ketones (excluding diaryl/α,β-unsaturated/α-hetero) is 1. The molecule has 4 rings (SSSR count). The zero-order valence-corrected chi connectivity index (χ0v) is 16.4. The van der Waals surface area contributed by atoms with Crippen LogP contribution in [-0.4, -0.2) is 35.0 Å². The molecule has 1 aliphatic heterocycles. The van der Waals surface area contributed by atoms with Crippen molar-refractivity contribution in [2.75, 3.05) is 19.3 Å². The van der Waals surface area contributed by atoms with Crippen LogP contribution in [0.15, 0.2) is 65.7 Å². The molecule has 1 unspecified atom stereocenters. The Morgan fingerprint density at radius 2 is 1.96 bits per heavy atom. The van der Waals surface area contributed by atoms with Gasteiger partial charge in [0.2, 0.25) is 0 Å². The third-order valence-electron chi connectivity index (χ3n) is 5.38. The van der Waals surface area contributed by atoms with Crippen molar-refractivity contribution in [1.29, 1.82) is 0 Å². The predicted octanol–water partition coefficient (Wildman–Crippen LogP) is 5.05. The van der Waals surface area contributed by atoms with Gasteiger partial charge in [0.1, 0.15) is 0 Å². The van der Waals surface area contributed by atoms with Crippen LogP contribution in [0.3, 0.4) is 0 Å². The van der Waals surface area contributed by atoms with E-state index in [1.807, 2.05) is 36.5 Å². The number of para-hydroxylation sites is 1. The van der Waals surface area contributed by atoms with Crippen molar-refractivity contribution >= 4 is 28.4 Å². The Labute approximate surface area is 164 Å². The van der Waals surface area contributed by atoms with Crippen LogP contribution in [-0.2, 0) is 6.54 Å². The fourth-order valence-electron chi connectivity index (χ4n) is 3.94. The van der Waals surface area contributed by atoms with Crippen LogP contribution >= 0.6 is 11.8 Å². The molecule has 2 heterocycles. The van der Waals surface area contributed by atoms with Gasteiger partial charge in [-0.3, -0.25) is 14.7 Å². The smallest absolute Gasteiger partial charge is 0.167 e. The minimum atomic E-state index is 0.0898. The SMILES string of the molecule is CSc1ccc(C(=O)C2CCCN(Cc3ccnc4ccccc34)C2)cc1. The van der Waals surface area contributed by atoms with Gasteiger partial charge >= 0.3 is 0 Å². The molecule has 1 aliphatic rings. The Bertz CT molecular complexity index is 933. The van der Waals surface area contributed by atoms with E-state index >= 15 is 0 Å². The molecule has 1 aromatic heterocycles. The number of nitrogens with zero attached hydrogens (tertiary/aromatic N) is 2. The molecular formula is C23H24N2OS. The molecule has 0 spiro atoms. The second-order valence-electron chi connectivity index (χ2n) is 7.15. The van der Waals surface area contributed by atoms with Crippen LogP contribution < -0.4 is 0 Å². The Hall–Kier alpha value is -2.17. The molecule has 0 N–H and O–H groups in total. The molecule has 27 heavy (non-hydrogen) atoms. The van der Waals surface area contributed by atoms with Gasteiger partial charge in [-0.05, 0) is 55.5 Å². The quantitative estimate of drug-likeness (QED) is 0.461. The summed E-state index contributed by atoms with van der Waals surface area (Å²) in [6.45, 7) is 2.75. The summed E-state index contributed by atoms with van der Waals surface area (Å²) in [6, 6.07) is 18.4. The summed E-state index contributed by atoms with van der Waals surface area (Å²) in [4.78, 5) is 21.0. The van der Waals surface area contributed by atoms with Gasteiger partial charge in [-0.15, -0.1) is 11.8 Å². The highest BCUT2D eigenvalue weighted by atomic mass is 32.2. The summed E-state index contributed by atoms with van der Waals surface area (Å²) in [7, 11) is 0. The molecule has 0 radical (unpaired) electrons. The maximum Gasteiger partial charge on any atom is 0.167 e. The van der Waals surface area contributed by atoms with Gasteiger partial charge < -0.3 is 0 Å². The summed E-state index contributed by atoms with van der Waals surface area (Å²) in [6.07, 6.45) is 6.00. The first-order valence-corrected chi connectivity index (χ1v) is 10.7. The van der Waals surface area contributed by atoms with E-state index in [2.05, 4.69) is 40.4 Å². The number of likely N-dealkylation sites (tertiary alicyclic amines) is 1. The second kappa shape index (κ2) is 8.24. The number of thioether (sulfide) groups is 1. The van der Waals surface area contributed by atoms with E-state index in [0.717, 1.165) is 43.6 Å². The molecule has 0 aliphatic carbocycles. The zero-order chi connectivity index (χ0) is 18.6. The topological polar surface area (TPSA) is 33.2 Å². The molecule has 2 aromatic carbocycles. The van der Waals surface area contributed by atoms with Gasteiger partial charge in [0.05, 0.1) is 5.52 Å². The van der Waals surface area contributed by atoms with Gasteiger partial charge in [-0.1, -0.05) is 30.3 Å². The van der Waals surface area contributed by atoms with Crippen molar-refractivity contribution in [2.24, 2.45) is 5.92 Å². The molecule has 0 saturated carbocycles. The van der Waals surface area contributed by atoms with E-state index < -0.39 is 0 Å². The number of carbonyl (C=O) groups is 1. The maximum atomic E-state index is 13.0. The van der Waals surface area contributed by atoms with E-state index in [-0.39, 0.29) is 11.7 Å².